The Bertz CT molecular complexity index is 396. The van der Waals surface area contributed by atoms with Crippen LogP contribution in [0.15, 0.2) is 10.7 Å². The second kappa shape index (κ2) is 5.78. The van der Waals surface area contributed by atoms with Gasteiger partial charge in [0.1, 0.15) is 5.69 Å². The number of aryl methyl sites for hydroxylation is 1. The average Bonchev–Trinajstić information content (AvgIpc) is 2.94. The lowest BCUT2D eigenvalue weighted by atomic mass is 10.00. The number of ketones is 1. The highest BCUT2D eigenvalue weighted by Crippen LogP contribution is 2.21. The molecule has 0 saturated carbocycles. The van der Waals surface area contributed by atoms with Crippen molar-refractivity contribution in [2.75, 3.05) is 13.1 Å². The second-order valence-electron chi connectivity index (χ2n) is 4.48. The minimum atomic E-state index is 0.197. The quantitative estimate of drug-likeness (QED) is 0.848. The first-order valence-corrected chi connectivity index (χ1v) is 6.97. The molecule has 5 heteroatoms. The van der Waals surface area contributed by atoms with Crippen LogP contribution < -0.4 is 5.32 Å². The molecule has 17 heavy (non-hydrogen) atoms. The summed E-state index contributed by atoms with van der Waals surface area (Å²) in [7, 11) is 0. The van der Waals surface area contributed by atoms with E-state index in [9.17, 15) is 4.79 Å². The minimum Gasteiger partial charge on any atom is -0.316 e. The van der Waals surface area contributed by atoms with Crippen LogP contribution in [0.25, 0.3) is 0 Å². The van der Waals surface area contributed by atoms with E-state index in [1.165, 1.54) is 6.42 Å². The van der Waals surface area contributed by atoms with Crippen molar-refractivity contribution in [2.24, 2.45) is 5.92 Å². The maximum Gasteiger partial charge on any atom is 0.182 e. The molecule has 0 amide bonds. The summed E-state index contributed by atoms with van der Waals surface area (Å²) in [5.41, 5.74) is 0.721. The smallest absolute Gasteiger partial charge is 0.182 e. The van der Waals surface area contributed by atoms with E-state index in [4.69, 9.17) is 0 Å². The first-order valence-electron chi connectivity index (χ1n) is 6.17. The summed E-state index contributed by atoms with van der Waals surface area (Å²) in [4.78, 5) is 12.2. The molecule has 1 aromatic rings. The van der Waals surface area contributed by atoms with E-state index in [0.29, 0.717) is 12.3 Å². The third-order valence-electron chi connectivity index (χ3n) is 3.30. The van der Waals surface area contributed by atoms with Gasteiger partial charge in [-0.25, -0.2) is 0 Å². The second-order valence-corrected chi connectivity index (χ2v) is 5.33. The number of nitrogens with zero attached hydrogens (tertiary/aromatic N) is 2. The molecule has 1 aliphatic heterocycles. The molecule has 1 atom stereocenters. The summed E-state index contributed by atoms with van der Waals surface area (Å²) in [5, 5.41) is 7.50. The van der Waals surface area contributed by atoms with Gasteiger partial charge in [-0.3, -0.25) is 9.48 Å². The van der Waals surface area contributed by atoms with Crippen LogP contribution >= 0.6 is 15.9 Å². The Hall–Kier alpha value is -0.680. The van der Waals surface area contributed by atoms with Crippen LogP contribution in [0.5, 0.6) is 0 Å². The average molecular weight is 300 g/mol. The van der Waals surface area contributed by atoms with Gasteiger partial charge in [0.2, 0.25) is 0 Å². The normalized spacial score (nSPS) is 19.8. The maximum atomic E-state index is 12.2. The van der Waals surface area contributed by atoms with Crippen LogP contribution in [-0.2, 0) is 6.54 Å². The van der Waals surface area contributed by atoms with Crippen LogP contribution in [0.2, 0.25) is 0 Å². The molecular formula is C12H18BrN3O. The summed E-state index contributed by atoms with van der Waals surface area (Å²) in [6.45, 7) is 4.88. The monoisotopic (exact) mass is 299 g/mol. The highest BCUT2D eigenvalue weighted by molar-refractivity contribution is 9.10. The Labute approximate surface area is 110 Å². The van der Waals surface area contributed by atoms with Crippen molar-refractivity contribution in [1.29, 1.82) is 0 Å². The van der Waals surface area contributed by atoms with Gasteiger partial charge < -0.3 is 5.32 Å². The number of Topliss-reactive ketones (excluding diaryl/α,β-unsaturated/α-hetero) is 1. The molecule has 1 saturated heterocycles. The van der Waals surface area contributed by atoms with E-state index >= 15 is 0 Å². The van der Waals surface area contributed by atoms with Gasteiger partial charge >= 0.3 is 0 Å². The first kappa shape index (κ1) is 12.8. The van der Waals surface area contributed by atoms with Crippen LogP contribution in [0.3, 0.4) is 0 Å². The molecule has 1 aromatic heterocycles. The topological polar surface area (TPSA) is 46.9 Å². The number of hydrogen-bond acceptors (Lipinski definition) is 3. The number of rotatable bonds is 5. The predicted octanol–water partition coefficient (Wildman–Crippen LogP) is 2.24. The van der Waals surface area contributed by atoms with Crippen molar-refractivity contribution in [1.82, 2.24) is 15.1 Å². The van der Waals surface area contributed by atoms with E-state index in [-0.39, 0.29) is 5.78 Å². The highest BCUT2D eigenvalue weighted by Gasteiger charge is 2.20. The lowest BCUT2D eigenvalue weighted by molar-refractivity contribution is 0.0963. The van der Waals surface area contributed by atoms with Crippen molar-refractivity contribution in [2.45, 2.75) is 32.7 Å². The molecular weight excluding hydrogens is 282 g/mol. The van der Waals surface area contributed by atoms with Crippen LogP contribution in [0, 0.1) is 5.92 Å². The molecule has 0 aliphatic carbocycles. The minimum absolute atomic E-state index is 0.197. The van der Waals surface area contributed by atoms with E-state index in [2.05, 4.69) is 26.3 Å². The molecule has 0 radical (unpaired) electrons. The molecule has 1 aliphatic rings. The lowest BCUT2D eigenvalue weighted by Crippen LogP contribution is -2.13. The zero-order valence-electron chi connectivity index (χ0n) is 10.1. The molecule has 0 spiro atoms. The summed E-state index contributed by atoms with van der Waals surface area (Å²) in [6.07, 6.45) is 4.50. The Morgan fingerprint density at radius 1 is 1.71 bits per heavy atom. The van der Waals surface area contributed by atoms with Gasteiger partial charge in [-0.1, -0.05) is 0 Å². The van der Waals surface area contributed by atoms with Gasteiger partial charge in [0, 0.05) is 13.0 Å². The third kappa shape index (κ3) is 2.96. The number of hydrogen-bond donors (Lipinski definition) is 1. The van der Waals surface area contributed by atoms with Crippen LogP contribution in [0.4, 0.5) is 0 Å². The molecule has 1 unspecified atom stereocenters. The van der Waals surface area contributed by atoms with Crippen molar-refractivity contribution in [3.8, 4) is 0 Å². The Kier molecular flexibility index (Phi) is 4.34. The molecule has 2 heterocycles. The van der Waals surface area contributed by atoms with Gasteiger partial charge in [-0.05, 0) is 54.7 Å². The van der Waals surface area contributed by atoms with E-state index in [1.54, 1.807) is 10.9 Å². The molecule has 1 N–H and O–H groups in total. The third-order valence-corrected chi connectivity index (χ3v) is 3.88. The molecule has 2 rings (SSSR count). The molecule has 4 nitrogen and oxygen atoms in total. The van der Waals surface area contributed by atoms with E-state index < -0.39 is 0 Å². The predicted molar refractivity (Wildman–Crippen MR) is 70.1 cm³/mol. The SMILES string of the molecule is CCn1ncc(Br)c1C(=O)CCC1CCNC1. The number of aromatic nitrogens is 2. The fraction of sp³-hybridized carbons (Fsp3) is 0.667. The summed E-state index contributed by atoms with van der Waals surface area (Å²) in [5.74, 6) is 0.860. The largest absolute Gasteiger partial charge is 0.316 e. The van der Waals surface area contributed by atoms with Gasteiger partial charge in [0.05, 0.1) is 10.7 Å². The van der Waals surface area contributed by atoms with Gasteiger partial charge in [-0.2, -0.15) is 5.10 Å². The maximum absolute atomic E-state index is 12.2. The molecule has 0 aromatic carbocycles. The van der Waals surface area contributed by atoms with Crippen molar-refractivity contribution in [3.63, 3.8) is 0 Å². The Balaban J connectivity index is 1.96. The van der Waals surface area contributed by atoms with Gasteiger partial charge in [0.15, 0.2) is 5.78 Å². The van der Waals surface area contributed by atoms with E-state index in [0.717, 1.165) is 36.2 Å². The fourth-order valence-electron chi connectivity index (χ4n) is 2.29. The molecule has 1 fully saturated rings. The zero-order valence-corrected chi connectivity index (χ0v) is 11.7. The lowest BCUT2D eigenvalue weighted by Gasteiger charge is -2.08. The first-order chi connectivity index (χ1) is 8.22. The van der Waals surface area contributed by atoms with Crippen molar-refractivity contribution >= 4 is 21.7 Å². The molecule has 94 valence electrons. The van der Waals surface area contributed by atoms with Crippen LogP contribution in [0.1, 0.15) is 36.7 Å². The van der Waals surface area contributed by atoms with E-state index in [1.807, 2.05) is 6.92 Å². The number of nitrogens with one attached hydrogen (secondary N) is 1. The fourth-order valence-corrected chi connectivity index (χ4v) is 2.81. The number of carbonyl (C=O) groups is 1. The highest BCUT2D eigenvalue weighted by atomic mass is 79.9. The van der Waals surface area contributed by atoms with Gasteiger partial charge in [-0.15, -0.1) is 0 Å². The summed E-state index contributed by atoms with van der Waals surface area (Å²) in [6, 6.07) is 0. The Morgan fingerprint density at radius 3 is 3.18 bits per heavy atom. The zero-order chi connectivity index (χ0) is 12.3. The van der Waals surface area contributed by atoms with Crippen molar-refractivity contribution < 1.29 is 4.79 Å². The number of carbonyl (C=O) groups excluding carboxylic acids is 1. The van der Waals surface area contributed by atoms with Crippen molar-refractivity contribution in [3.05, 3.63) is 16.4 Å². The van der Waals surface area contributed by atoms with Gasteiger partial charge in [0.25, 0.3) is 0 Å². The number of halogens is 1. The Morgan fingerprint density at radius 2 is 2.53 bits per heavy atom. The standard InChI is InChI=1S/C12H18BrN3O/c1-2-16-12(10(13)8-15-16)11(17)4-3-9-5-6-14-7-9/h8-9,14H,2-7H2,1H3. The van der Waals surface area contributed by atoms with Crippen LogP contribution in [-0.4, -0.2) is 28.7 Å². The molecule has 0 bridgehead atoms. The summed E-state index contributed by atoms with van der Waals surface area (Å²) < 4.78 is 2.58. The summed E-state index contributed by atoms with van der Waals surface area (Å²) >= 11 is 3.40.